The summed E-state index contributed by atoms with van der Waals surface area (Å²) in [6.07, 6.45) is 15.0. The van der Waals surface area contributed by atoms with Crippen molar-refractivity contribution in [1.82, 2.24) is 9.88 Å². The largest absolute Gasteiger partial charge is 0.487 e. The zero-order chi connectivity index (χ0) is 44.1. The number of benzene rings is 1. The third-order valence-corrected chi connectivity index (χ3v) is 13.1. The number of aliphatic hydroxyl groups excluding tert-OH is 3. The summed E-state index contributed by atoms with van der Waals surface area (Å²) >= 11 is 0. The summed E-state index contributed by atoms with van der Waals surface area (Å²) in [7, 11) is 0. The molecule has 0 radical (unpaired) electrons. The van der Waals surface area contributed by atoms with Gasteiger partial charge in [-0.1, -0.05) is 61.9 Å². The van der Waals surface area contributed by atoms with Crippen molar-refractivity contribution in [2.45, 2.75) is 141 Å². The van der Waals surface area contributed by atoms with Crippen LogP contribution in [0.15, 0.2) is 65.9 Å². The van der Waals surface area contributed by atoms with Gasteiger partial charge in [0.15, 0.2) is 0 Å². The number of fused-ring (bicyclic) bond motifs is 2. The maximum absolute atomic E-state index is 14.9. The molecule has 6 atom stereocenters. The fourth-order valence-corrected chi connectivity index (χ4v) is 10.3. The lowest BCUT2D eigenvalue weighted by Crippen LogP contribution is -2.70. The predicted octanol–water partition coefficient (Wildman–Crippen LogP) is 8.21. The number of carbonyl (C=O) groups is 1. The molecule has 1 aliphatic heterocycles. The summed E-state index contributed by atoms with van der Waals surface area (Å²) in [5.74, 6) is 0.120. The van der Waals surface area contributed by atoms with Crippen LogP contribution in [0.25, 0.3) is 0 Å². The van der Waals surface area contributed by atoms with E-state index in [2.05, 4.69) is 23.7 Å². The molecule has 0 spiro atoms. The summed E-state index contributed by atoms with van der Waals surface area (Å²) < 4.78 is 26.9. The average Bonchev–Trinajstić information content (AvgIpc) is 3.78. The fraction of sp³-hybridized carbons (Fsp3) is 0.660. The zero-order valence-corrected chi connectivity index (χ0v) is 37.8. The molecule has 6 rings (SSSR count). The Morgan fingerprint density at radius 1 is 1.02 bits per heavy atom. The Balaban J connectivity index is 1.54. The van der Waals surface area contributed by atoms with Crippen molar-refractivity contribution in [3.63, 3.8) is 0 Å². The van der Waals surface area contributed by atoms with E-state index in [0.717, 1.165) is 73.2 Å². The van der Waals surface area contributed by atoms with Gasteiger partial charge in [0, 0.05) is 49.8 Å². The lowest BCUT2D eigenvalue weighted by molar-refractivity contribution is -0.258. The molecule has 0 unspecified atom stereocenters. The van der Waals surface area contributed by atoms with Gasteiger partial charge in [0.1, 0.15) is 29.7 Å². The van der Waals surface area contributed by atoms with E-state index < -0.39 is 23.3 Å². The summed E-state index contributed by atoms with van der Waals surface area (Å²) in [5, 5.41) is 34.5. The molecule has 342 valence electrons. The van der Waals surface area contributed by atoms with Gasteiger partial charge in [-0.25, -0.2) is 0 Å². The SMILES string of the molecule is C=CCO[C@@]12Oc3ccc(OCc4cccc(C)n4)cc3[C@H]3[C@H](CCCCO)[C@@H](CCCCO)C=C(C(=NOC(C)(C)C)C[C@@H]1N(CCOCCO)C(=O)CCC1CCCC1)[C@H]32. The highest BCUT2D eigenvalue weighted by Gasteiger charge is 2.65. The van der Waals surface area contributed by atoms with Crippen LogP contribution in [0.5, 0.6) is 11.5 Å². The first kappa shape index (κ1) is 47.7. The normalized spacial score (nSPS) is 25.1. The van der Waals surface area contributed by atoms with Crippen molar-refractivity contribution >= 4 is 11.6 Å². The number of aryl methyl sites for hydroxylation is 1. The Morgan fingerprint density at radius 2 is 1.79 bits per heavy atom. The van der Waals surface area contributed by atoms with Crippen LogP contribution in [0.3, 0.4) is 0 Å². The molecule has 1 aromatic heterocycles. The van der Waals surface area contributed by atoms with E-state index >= 15 is 0 Å². The lowest BCUT2D eigenvalue weighted by Gasteiger charge is -2.60. The highest BCUT2D eigenvalue weighted by Crippen LogP contribution is 2.62. The van der Waals surface area contributed by atoms with E-state index in [9.17, 15) is 20.1 Å². The second-order valence-electron chi connectivity index (χ2n) is 18.6. The molecule has 4 aliphatic rings. The van der Waals surface area contributed by atoms with Crippen molar-refractivity contribution in [3.05, 3.63) is 77.7 Å². The molecule has 12 heteroatoms. The number of ether oxygens (including phenoxy) is 4. The number of amides is 1. The lowest BCUT2D eigenvalue weighted by atomic mass is 9.55. The summed E-state index contributed by atoms with van der Waals surface area (Å²) in [4.78, 5) is 27.8. The number of pyridine rings is 1. The predicted molar refractivity (Wildman–Crippen MR) is 240 cm³/mol. The Labute approximate surface area is 369 Å². The van der Waals surface area contributed by atoms with Gasteiger partial charge >= 0.3 is 0 Å². The van der Waals surface area contributed by atoms with E-state index in [4.69, 9.17) is 28.9 Å². The number of oxime groups is 1. The summed E-state index contributed by atoms with van der Waals surface area (Å²) in [6.45, 7) is 13.2. The van der Waals surface area contributed by atoms with Crippen molar-refractivity contribution < 1.29 is 43.9 Å². The first-order valence-electron chi connectivity index (χ1n) is 23.3. The molecule has 1 amide bonds. The molecule has 3 aliphatic carbocycles. The zero-order valence-electron chi connectivity index (χ0n) is 37.8. The van der Waals surface area contributed by atoms with Crippen molar-refractivity contribution in [3.8, 4) is 11.5 Å². The van der Waals surface area contributed by atoms with Gasteiger partial charge in [-0.2, -0.15) is 0 Å². The summed E-state index contributed by atoms with van der Waals surface area (Å²) in [5.41, 5.74) is 3.92. The molecule has 62 heavy (non-hydrogen) atoms. The van der Waals surface area contributed by atoms with Gasteiger partial charge < -0.3 is 44.0 Å². The molecule has 0 saturated heterocycles. The Kier molecular flexibility index (Phi) is 17.5. The maximum Gasteiger partial charge on any atom is 0.239 e. The van der Waals surface area contributed by atoms with Gasteiger partial charge in [-0.15, -0.1) is 6.58 Å². The molecule has 0 bridgehead atoms. The Bertz CT molecular complexity index is 1820. The Hall–Kier alpha value is -3.81. The number of nitrogens with zero attached hydrogens (tertiary/aromatic N) is 3. The molecular weight excluding hydrogens is 787 g/mol. The van der Waals surface area contributed by atoms with E-state index in [1.807, 2.05) is 62.9 Å². The molecule has 2 heterocycles. The van der Waals surface area contributed by atoms with Crippen LogP contribution in [0.4, 0.5) is 0 Å². The number of aliphatic hydroxyl groups is 3. The molecule has 2 fully saturated rings. The minimum Gasteiger partial charge on any atom is -0.487 e. The van der Waals surface area contributed by atoms with Crippen molar-refractivity contribution in [2.75, 3.05) is 46.2 Å². The van der Waals surface area contributed by atoms with Gasteiger partial charge in [0.25, 0.3) is 0 Å². The van der Waals surface area contributed by atoms with Crippen molar-refractivity contribution in [2.24, 2.45) is 28.8 Å². The minimum absolute atomic E-state index is 0.0104. The van der Waals surface area contributed by atoms with Crippen LogP contribution in [-0.4, -0.2) is 100 Å². The fourth-order valence-electron chi connectivity index (χ4n) is 10.3. The van der Waals surface area contributed by atoms with E-state index in [-0.39, 0.29) is 69.8 Å². The van der Waals surface area contributed by atoms with Crippen LogP contribution in [-0.2, 0) is 25.7 Å². The number of aromatic nitrogens is 1. The van der Waals surface area contributed by atoms with Gasteiger partial charge in [0.2, 0.25) is 11.7 Å². The van der Waals surface area contributed by atoms with Gasteiger partial charge in [-0.05, 0) is 113 Å². The minimum atomic E-state index is -1.36. The third kappa shape index (κ3) is 11.8. The Morgan fingerprint density at radius 3 is 2.50 bits per heavy atom. The number of hydrogen-bond acceptors (Lipinski definition) is 11. The van der Waals surface area contributed by atoms with Crippen molar-refractivity contribution in [1.29, 1.82) is 0 Å². The van der Waals surface area contributed by atoms with E-state index in [0.29, 0.717) is 49.7 Å². The quantitative estimate of drug-likeness (QED) is 0.0535. The van der Waals surface area contributed by atoms with Crippen LogP contribution in [0.1, 0.15) is 127 Å². The first-order chi connectivity index (χ1) is 30.0. The van der Waals surface area contributed by atoms with Crippen LogP contribution >= 0.6 is 0 Å². The number of hydrogen-bond donors (Lipinski definition) is 3. The number of rotatable bonds is 24. The molecule has 2 saturated carbocycles. The van der Waals surface area contributed by atoms with Crippen LogP contribution in [0, 0.1) is 30.6 Å². The number of carbonyl (C=O) groups excluding carboxylic acids is 1. The molecule has 1 aromatic carbocycles. The second kappa shape index (κ2) is 22.7. The maximum atomic E-state index is 14.9. The number of allylic oxidation sites excluding steroid dienone is 1. The van der Waals surface area contributed by atoms with E-state index in [1.54, 1.807) is 6.08 Å². The monoisotopic (exact) mass is 860 g/mol. The van der Waals surface area contributed by atoms with Crippen LogP contribution < -0.4 is 9.47 Å². The van der Waals surface area contributed by atoms with Gasteiger partial charge in [0.05, 0.1) is 43.8 Å². The molecule has 3 N–H and O–H groups in total. The highest BCUT2D eigenvalue weighted by atomic mass is 16.7. The molecule has 2 aromatic rings. The molecule has 12 nitrogen and oxygen atoms in total. The highest BCUT2D eigenvalue weighted by molar-refractivity contribution is 6.03. The second-order valence-corrected chi connectivity index (χ2v) is 18.6. The number of unbranched alkanes of at least 4 members (excludes halogenated alkanes) is 2. The third-order valence-electron chi connectivity index (χ3n) is 13.1. The van der Waals surface area contributed by atoms with Gasteiger partial charge in [-0.3, -0.25) is 9.78 Å². The standard InChI is InChI=1S/C50H73N3O9/c1-6-28-60-50-45(53(24-29-58-30-27-56)46(57)23-20-36-15-7-8-16-36)33-43(52-62-49(3,4)5)41-31-37(17-9-11-25-54)40(19-10-12-26-55)47(48(41)50)42-32-39(21-22-44(42)61-50)59-34-38-18-13-14-35(2)51-38/h6,13-14,18,21-22,31-32,36-37,40,45,47-48,54-56H,1,7-12,15-17,19-20,23-30,33-34H2,2-5H3/t37-,40+,45-,47+,48+,50+/m0/s1. The first-order valence-corrected chi connectivity index (χ1v) is 23.3. The smallest absolute Gasteiger partial charge is 0.239 e. The van der Waals surface area contributed by atoms with Crippen LogP contribution in [0.2, 0.25) is 0 Å². The van der Waals surface area contributed by atoms with E-state index in [1.165, 1.54) is 12.8 Å². The molecular formula is C50H73N3O9. The topological polar surface area (TPSA) is 152 Å². The summed E-state index contributed by atoms with van der Waals surface area (Å²) in [6, 6.07) is 11.3. The average molecular weight is 860 g/mol.